The van der Waals surface area contributed by atoms with Crippen molar-refractivity contribution in [3.05, 3.63) is 29.6 Å². The van der Waals surface area contributed by atoms with E-state index in [0.29, 0.717) is 12.1 Å². The lowest BCUT2D eigenvalue weighted by Crippen LogP contribution is -2.33. The zero-order valence-electron chi connectivity index (χ0n) is 11.5. The number of ketones is 1. The quantitative estimate of drug-likeness (QED) is 0.741. The number of halogens is 1. The number of ether oxygens (including phenoxy) is 1. The Balaban J connectivity index is 1.93. The molecule has 3 nitrogen and oxygen atoms in total. The van der Waals surface area contributed by atoms with Crippen molar-refractivity contribution >= 4 is 5.78 Å². The van der Waals surface area contributed by atoms with Crippen LogP contribution in [0.2, 0.25) is 0 Å². The first kappa shape index (κ1) is 14.0. The Morgan fingerprint density at radius 1 is 1.47 bits per heavy atom. The largest absolute Gasteiger partial charge is 0.494 e. The van der Waals surface area contributed by atoms with E-state index in [1.165, 1.54) is 38.5 Å². The van der Waals surface area contributed by atoms with E-state index in [2.05, 4.69) is 0 Å². The van der Waals surface area contributed by atoms with E-state index in [0.717, 1.165) is 12.5 Å². The van der Waals surface area contributed by atoms with Gasteiger partial charge >= 0.3 is 0 Å². The molecule has 1 aliphatic carbocycles. The minimum atomic E-state index is -0.491. The van der Waals surface area contributed by atoms with Crippen molar-refractivity contribution in [1.29, 1.82) is 0 Å². The summed E-state index contributed by atoms with van der Waals surface area (Å²) in [5, 5.41) is 0. The van der Waals surface area contributed by atoms with Gasteiger partial charge in [0.1, 0.15) is 0 Å². The summed E-state index contributed by atoms with van der Waals surface area (Å²) in [6.45, 7) is 1.28. The van der Waals surface area contributed by atoms with Gasteiger partial charge in [0.25, 0.3) is 0 Å². The molecule has 2 rings (SSSR count). The van der Waals surface area contributed by atoms with E-state index in [-0.39, 0.29) is 11.5 Å². The van der Waals surface area contributed by atoms with Crippen molar-refractivity contribution < 1.29 is 13.9 Å². The third kappa shape index (κ3) is 3.53. The van der Waals surface area contributed by atoms with Crippen LogP contribution in [-0.4, -0.2) is 37.9 Å². The maximum Gasteiger partial charge on any atom is 0.176 e. The molecular formula is C15H20FNO2. The molecule has 0 saturated heterocycles. The second kappa shape index (κ2) is 6.15. The molecule has 4 heteroatoms. The fourth-order valence-electron chi connectivity index (χ4n) is 2.36. The van der Waals surface area contributed by atoms with E-state index in [9.17, 15) is 9.18 Å². The number of hydrogen-bond acceptors (Lipinski definition) is 3. The molecule has 0 heterocycles. The van der Waals surface area contributed by atoms with E-state index >= 15 is 0 Å². The minimum Gasteiger partial charge on any atom is -0.494 e. The number of rotatable bonds is 6. The lowest BCUT2D eigenvalue weighted by molar-refractivity contribution is 0.0924. The van der Waals surface area contributed by atoms with Crippen LogP contribution in [-0.2, 0) is 0 Å². The SMILES string of the molecule is COc1ccc(C(=O)CN(C)CC2CCC2)cc1F. The first-order valence-corrected chi connectivity index (χ1v) is 6.65. The van der Waals surface area contributed by atoms with Gasteiger partial charge in [0.15, 0.2) is 17.3 Å². The monoisotopic (exact) mass is 265 g/mol. The van der Waals surface area contributed by atoms with Crippen molar-refractivity contribution in [3.63, 3.8) is 0 Å². The lowest BCUT2D eigenvalue weighted by Gasteiger charge is -2.29. The van der Waals surface area contributed by atoms with E-state index < -0.39 is 5.82 Å². The topological polar surface area (TPSA) is 29.5 Å². The van der Waals surface area contributed by atoms with Crippen molar-refractivity contribution in [1.82, 2.24) is 4.90 Å². The van der Waals surface area contributed by atoms with Crippen molar-refractivity contribution in [2.75, 3.05) is 27.2 Å². The number of carbonyl (C=O) groups is 1. The molecule has 1 aromatic rings. The smallest absolute Gasteiger partial charge is 0.176 e. The number of nitrogens with zero attached hydrogens (tertiary/aromatic N) is 1. The molecule has 0 aliphatic heterocycles. The molecular weight excluding hydrogens is 245 g/mol. The third-order valence-corrected chi connectivity index (χ3v) is 3.68. The summed E-state index contributed by atoms with van der Waals surface area (Å²) in [5.74, 6) is 0.350. The van der Waals surface area contributed by atoms with Crippen LogP contribution < -0.4 is 4.74 Å². The highest BCUT2D eigenvalue weighted by molar-refractivity contribution is 5.97. The van der Waals surface area contributed by atoms with Gasteiger partial charge in [-0.15, -0.1) is 0 Å². The molecule has 0 radical (unpaired) electrons. The Bertz CT molecular complexity index is 457. The Kier molecular flexibility index (Phi) is 4.53. The fourth-order valence-corrected chi connectivity index (χ4v) is 2.36. The Labute approximate surface area is 113 Å². The summed E-state index contributed by atoms with van der Waals surface area (Å²) >= 11 is 0. The van der Waals surface area contributed by atoms with Crippen LogP contribution in [0.1, 0.15) is 29.6 Å². The molecule has 1 fully saturated rings. The summed E-state index contributed by atoms with van der Waals surface area (Å²) in [7, 11) is 3.35. The summed E-state index contributed by atoms with van der Waals surface area (Å²) < 4.78 is 18.4. The zero-order chi connectivity index (χ0) is 13.8. The second-order valence-electron chi connectivity index (χ2n) is 5.27. The predicted molar refractivity (Wildman–Crippen MR) is 72.1 cm³/mol. The van der Waals surface area contributed by atoms with Crippen LogP contribution in [0.15, 0.2) is 18.2 Å². The van der Waals surface area contributed by atoms with Gasteiger partial charge in [0.05, 0.1) is 13.7 Å². The summed E-state index contributed by atoms with van der Waals surface area (Å²) in [4.78, 5) is 14.1. The highest BCUT2D eigenvalue weighted by Crippen LogP contribution is 2.26. The Hall–Kier alpha value is -1.42. The molecule has 0 atom stereocenters. The van der Waals surface area contributed by atoms with E-state index in [1.54, 1.807) is 6.07 Å². The van der Waals surface area contributed by atoms with Gasteiger partial charge in [-0.1, -0.05) is 6.42 Å². The predicted octanol–water partition coefficient (Wildman–Crippen LogP) is 2.75. The molecule has 0 aromatic heterocycles. The van der Waals surface area contributed by atoms with Crippen LogP contribution in [0.3, 0.4) is 0 Å². The molecule has 0 unspecified atom stereocenters. The van der Waals surface area contributed by atoms with Crippen LogP contribution in [0.5, 0.6) is 5.75 Å². The van der Waals surface area contributed by atoms with Crippen LogP contribution >= 0.6 is 0 Å². The van der Waals surface area contributed by atoms with Crippen LogP contribution in [0, 0.1) is 11.7 Å². The molecule has 0 N–H and O–H groups in total. The van der Waals surface area contributed by atoms with Gasteiger partial charge in [-0.25, -0.2) is 4.39 Å². The molecule has 1 aliphatic rings. The first-order chi connectivity index (χ1) is 9.10. The molecule has 0 bridgehead atoms. The first-order valence-electron chi connectivity index (χ1n) is 6.65. The van der Waals surface area contributed by atoms with Gasteiger partial charge in [-0.2, -0.15) is 0 Å². The average Bonchev–Trinajstić information content (AvgIpc) is 2.33. The van der Waals surface area contributed by atoms with E-state index in [4.69, 9.17) is 4.74 Å². The third-order valence-electron chi connectivity index (χ3n) is 3.68. The van der Waals surface area contributed by atoms with Crippen molar-refractivity contribution in [2.24, 2.45) is 5.92 Å². The molecule has 1 aromatic carbocycles. The zero-order valence-corrected chi connectivity index (χ0v) is 11.5. The van der Waals surface area contributed by atoms with Crippen LogP contribution in [0.25, 0.3) is 0 Å². The molecule has 0 spiro atoms. The van der Waals surface area contributed by atoms with Crippen molar-refractivity contribution in [3.8, 4) is 5.75 Å². The molecule has 1 saturated carbocycles. The Morgan fingerprint density at radius 3 is 2.74 bits per heavy atom. The van der Waals surface area contributed by atoms with E-state index in [1.807, 2.05) is 11.9 Å². The normalized spacial score (nSPS) is 15.4. The molecule has 0 amide bonds. The minimum absolute atomic E-state index is 0.0524. The van der Waals surface area contributed by atoms with Gasteiger partial charge < -0.3 is 4.74 Å². The summed E-state index contributed by atoms with van der Waals surface area (Å²) in [5.41, 5.74) is 0.402. The number of methoxy groups -OCH3 is 1. The maximum absolute atomic E-state index is 13.5. The summed E-state index contributed by atoms with van der Waals surface area (Å²) in [6.07, 6.45) is 3.82. The van der Waals surface area contributed by atoms with Gasteiger partial charge in [0, 0.05) is 12.1 Å². The van der Waals surface area contributed by atoms with Gasteiger partial charge in [0.2, 0.25) is 0 Å². The van der Waals surface area contributed by atoms with Crippen molar-refractivity contribution in [2.45, 2.75) is 19.3 Å². The number of carbonyl (C=O) groups excluding carboxylic acids is 1. The highest BCUT2D eigenvalue weighted by atomic mass is 19.1. The van der Waals surface area contributed by atoms with Crippen LogP contribution in [0.4, 0.5) is 4.39 Å². The summed E-state index contributed by atoms with van der Waals surface area (Å²) in [6, 6.07) is 4.36. The maximum atomic E-state index is 13.5. The number of hydrogen-bond donors (Lipinski definition) is 0. The molecule has 104 valence electrons. The average molecular weight is 265 g/mol. The Morgan fingerprint density at radius 2 is 2.21 bits per heavy atom. The van der Waals surface area contributed by atoms with Gasteiger partial charge in [-0.05, 0) is 44.0 Å². The highest BCUT2D eigenvalue weighted by Gasteiger charge is 2.20. The second-order valence-corrected chi connectivity index (χ2v) is 5.27. The number of likely N-dealkylation sites (N-methyl/N-ethyl adjacent to an activating group) is 1. The molecule has 19 heavy (non-hydrogen) atoms. The number of benzene rings is 1. The number of Topliss-reactive ketones (excluding diaryl/α,β-unsaturated/α-hetero) is 1. The standard InChI is InChI=1S/C15H20FNO2/c1-17(9-11-4-3-5-11)10-14(18)12-6-7-15(19-2)13(16)8-12/h6-8,11H,3-5,9-10H2,1-2H3. The van der Waals surface area contributed by atoms with Gasteiger partial charge in [-0.3, -0.25) is 9.69 Å². The lowest BCUT2D eigenvalue weighted by atomic mass is 9.85. The fraction of sp³-hybridized carbons (Fsp3) is 0.533.